The van der Waals surface area contributed by atoms with Crippen LogP contribution in [0, 0.1) is 11.3 Å². The lowest BCUT2D eigenvalue weighted by Gasteiger charge is -2.42. The molecule has 1 amide bonds. The van der Waals surface area contributed by atoms with Gasteiger partial charge in [-0.2, -0.15) is 0 Å². The lowest BCUT2D eigenvalue weighted by atomic mass is 9.76. The van der Waals surface area contributed by atoms with Crippen LogP contribution in [0.1, 0.15) is 52.9 Å². The molecule has 1 unspecified atom stereocenters. The molecule has 0 aromatic rings. The van der Waals surface area contributed by atoms with Crippen molar-refractivity contribution < 1.29 is 9.90 Å². The van der Waals surface area contributed by atoms with Crippen molar-refractivity contribution in [1.82, 2.24) is 9.80 Å². The van der Waals surface area contributed by atoms with Crippen LogP contribution in [0.3, 0.4) is 0 Å². The Morgan fingerprint density at radius 3 is 2.24 bits per heavy atom. The first-order valence-electron chi connectivity index (χ1n) is 8.65. The molecule has 2 fully saturated rings. The van der Waals surface area contributed by atoms with Gasteiger partial charge in [-0.25, -0.2) is 0 Å². The monoisotopic (exact) mass is 296 g/mol. The van der Waals surface area contributed by atoms with Gasteiger partial charge in [0.2, 0.25) is 5.91 Å². The number of aliphatic hydroxyl groups excluding tert-OH is 1. The lowest BCUT2D eigenvalue weighted by molar-refractivity contribution is -0.145. The molecular formula is C17H32N2O2. The van der Waals surface area contributed by atoms with E-state index < -0.39 is 0 Å². The van der Waals surface area contributed by atoms with Gasteiger partial charge in [-0.1, -0.05) is 33.6 Å². The predicted molar refractivity (Wildman–Crippen MR) is 85.1 cm³/mol. The maximum atomic E-state index is 12.9. The van der Waals surface area contributed by atoms with Crippen molar-refractivity contribution in [2.24, 2.45) is 11.3 Å². The Labute approximate surface area is 129 Å². The zero-order valence-electron chi connectivity index (χ0n) is 14.0. The van der Waals surface area contributed by atoms with E-state index in [1.54, 1.807) is 0 Å². The molecule has 0 radical (unpaired) electrons. The van der Waals surface area contributed by atoms with Crippen LogP contribution in [0.4, 0.5) is 0 Å². The summed E-state index contributed by atoms with van der Waals surface area (Å²) in [6.07, 6.45) is 5.95. The summed E-state index contributed by atoms with van der Waals surface area (Å²) in [6.45, 7) is 10.0. The molecule has 21 heavy (non-hydrogen) atoms. The third-order valence-corrected chi connectivity index (χ3v) is 5.73. The van der Waals surface area contributed by atoms with Crippen molar-refractivity contribution in [1.29, 1.82) is 0 Å². The van der Waals surface area contributed by atoms with E-state index in [9.17, 15) is 9.90 Å². The summed E-state index contributed by atoms with van der Waals surface area (Å²) in [4.78, 5) is 17.3. The summed E-state index contributed by atoms with van der Waals surface area (Å²) in [6, 6.07) is 0.255. The molecular weight excluding hydrogens is 264 g/mol. The average Bonchev–Trinajstić information content (AvgIpc) is 3.03. The molecule has 0 bridgehead atoms. The average molecular weight is 296 g/mol. The minimum absolute atomic E-state index is 0.209. The summed E-state index contributed by atoms with van der Waals surface area (Å²) in [5, 5.41) is 9.40. The molecule has 0 aromatic heterocycles. The van der Waals surface area contributed by atoms with Gasteiger partial charge in [0.1, 0.15) is 0 Å². The second kappa shape index (κ2) is 7.10. The topological polar surface area (TPSA) is 43.8 Å². The zero-order chi connectivity index (χ0) is 15.5. The first-order valence-corrected chi connectivity index (χ1v) is 8.65. The van der Waals surface area contributed by atoms with Crippen LogP contribution >= 0.6 is 0 Å². The molecule has 1 saturated carbocycles. The highest BCUT2D eigenvalue weighted by molar-refractivity contribution is 5.82. The van der Waals surface area contributed by atoms with Crippen LogP contribution in [-0.2, 0) is 4.79 Å². The normalized spacial score (nSPS) is 23.5. The van der Waals surface area contributed by atoms with E-state index in [-0.39, 0.29) is 18.1 Å². The Bertz CT molecular complexity index is 339. The fraction of sp³-hybridized carbons (Fsp3) is 0.941. The van der Waals surface area contributed by atoms with Crippen LogP contribution in [0.5, 0.6) is 0 Å². The van der Waals surface area contributed by atoms with Gasteiger partial charge in [-0.05, 0) is 25.2 Å². The molecule has 2 rings (SSSR count). The van der Waals surface area contributed by atoms with E-state index >= 15 is 0 Å². The van der Waals surface area contributed by atoms with E-state index in [4.69, 9.17) is 0 Å². The van der Waals surface area contributed by atoms with E-state index in [1.807, 2.05) is 0 Å². The standard InChI is InChI=1S/C17H32N2O2/c1-4-15(13-20)18-9-11-19(12-10-18)16(21)17(2,3)14-7-5-6-8-14/h14-15,20H,4-13H2,1-3H3. The van der Waals surface area contributed by atoms with Gasteiger partial charge < -0.3 is 10.0 Å². The molecule has 1 heterocycles. The van der Waals surface area contributed by atoms with Gasteiger partial charge in [-0.15, -0.1) is 0 Å². The summed E-state index contributed by atoms with van der Waals surface area (Å²) in [5.74, 6) is 0.898. The molecule has 1 aliphatic heterocycles. The van der Waals surface area contributed by atoms with Crippen LogP contribution < -0.4 is 0 Å². The molecule has 4 heteroatoms. The number of hydrogen-bond acceptors (Lipinski definition) is 3. The molecule has 1 atom stereocenters. The van der Waals surface area contributed by atoms with Gasteiger partial charge in [0.15, 0.2) is 0 Å². The molecule has 0 aromatic carbocycles. The van der Waals surface area contributed by atoms with Crippen molar-refractivity contribution >= 4 is 5.91 Å². The first kappa shape index (κ1) is 16.8. The molecule has 0 spiro atoms. The Balaban J connectivity index is 1.90. The van der Waals surface area contributed by atoms with Gasteiger partial charge in [-0.3, -0.25) is 9.69 Å². The van der Waals surface area contributed by atoms with Crippen molar-refractivity contribution in [3.8, 4) is 0 Å². The first-order chi connectivity index (χ1) is 10.0. The number of carbonyl (C=O) groups excluding carboxylic acids is 1. The second-order valence-corrected chi connectivity index (χ2v) is 7.28. The van der Waals surface area contributed by atoms with Gasteiger partial charge in [0.25, 0.3) is 0 Å². The second-order valence-electron chi connectivity index (χ2n) is 7.28. The van der Waals surface area contributed by atoms with E-state index in [2.05, 4.69) is 30.6 Å². The highest BCUT2D eigenvalue weighted by Crippen LogP contribution is 2.40. The maximum absolute atomic E-state index is 12.9. The third-order valence-electron chi connectivity index (χ3n) is 5.73. The van der Waals surface area contributed by atoms with Crippen LogP contribution in [0.25, 0.3) is 0 Å². The van der Waals surface area contributed by atoms with E-state index in [0.717, 1.165) is 32.6 Å². The van der Waals surface area contributed by atoms with Gasteiger partial charge in [0.05, 0.1) is 6.61 Å². The van der Waals surface area contributed by atoms with Crippen LogP contribution in [-0.4, -0.2) is 59.6 Å². The number of nitrogens with zero attached hydrogens (tertiary/aromatic N) is 2. The van der Waals surface area contributed by atoms with Gasteiger partial charge >= 0.3 is 0 Å². The Kier molecular flexibility index (Phi) is 5.67. The number of aliphatic hydroxyl groups is 1. The minimum Gasteiger partial charge on any atom is -0.395 e. The third kappa shape index (κ3) is 3.59. The number of carbonyl (C=O) groups is 1. The van der Waals surface area contributed by atoms with Crippen molar-refractivity contribution in [3.63, 3.8) is 0 Å². The summed E-state index contributed by atoms with van der Waals surface area (Å²) in [7, 11) is 0. The van der Waals surface area contributed by atoms with Crippen LogP contribution in [0.15, 0.2) is 0 Å². The smallest absolute Gasteiger partial charge is 0.228 e. The Morgan fingerprint density at radius 2 is 1.76 bits per heavy atom. The van der Waals surface area contributed by atoms with Crippen LogP contribution in [0.2, 0.25) is 0 Å². The number of hydrogen-bond donors (Lipinski definition) is 1. The summed E-state index contributed by atoms with van der Waals surface area (Å²) in [5.41, 5.74) is -0.209. The number of rotatable bonds is 5. The Hall–Kier alpha value is -0.610. The van der Waals surface area contributed by atoms with Crippen molar-refractivity contribution in [2.75, 3.05) is 32.8 Å². The molecule has 1 N–H and O–H groups in total. The zero-order valence-corrected chi connectivity index (χ0v) is 14.0. The van der Waals surface area contributed by atoms with Crippen molar-refractivity contribution in [3.05, 3.63) is 0 Å². The fourth-order valence-corrected chi connectivity index (χ4v) is 4.02. The molecule has 122 valence electrons. The van der Waals surface area contributed by atoms with Crippen molar-refractivity contribution in [2.45, 2.75) is 58.9 Å². The number of amides is 1. The maximum Gasteiger partial charge on any atom is 0.228 e. The summed E-state index contributed by atoms with van der Waals surface area (Å²) >= 11 is 0. The van der Waals surface area contributed by atoms with E-state index in [1.165, 1.54) is 25.7 Å². The highest BCUT2D eigenvalue weighted by Gasteiger charge is 2.41. The summed E-state index contributed by atoms with van der Waals surface area (Å²) < 4.78 is 0. The van der Waals surface area contributed by atoms with Gasteiger partial charge in [0, 0.05) is 37.6 Å². The van der Waals surface area contributed by atoms with E-state index in [0.29, 0.717) is 11.8 Å². The largest absolute Gasteiger partial charge is 0.395 e. The molecule has 4 nitrogen and oxygen atoms in total. The lowest BCUT2D eigenvalue weighted by Crippen LogP contribution is -2.55. The highest BCUT2D eigenvalue weighted by atomic mass is 16.3. The molecule has 1 aliphatic carbocycles. The Morgan fingerprint density at radius 1 is 1.19 bits per heavy atom. The fourth-order valence-electron chi connectivity index (χ4n) is 4.02. The SMILES string of the molecule is CCC(CO)N1CCN(C(=O)C(C)(C)C2CCCC2)CC1. The predicted octanol–water partition coefficient (Wildman–Crippen LogP) is 2.12. The molecule has 1 saturated heterocycles. The molecule has 2 aliphatic rings. The number of piperazine rings is 1. The quantitative estimate of drug-likeness (QED) is 0.845. The minimum atomic E-state index is -0.209.